The van der Waals surface area contributed by atoms with Crippen LogP contribution < -0.4 is 16.6 Å². The molecule has 0 unspecified atom stereocenters. The van der Waals surface area contributed by atoms with Crippen molar-refractivity contribution in [1.29, 1.82) is 0 Å². The fourth-order valence-electron chi connectivity index (χ4n) is 0.880. The van der Waals surface area contributed by atoms with Crippen molar-refractivity contribution in [2.75, 3.05) is 24.0 Å². The lowest BCUT2D eigenvalue weighted by Gasteiger charge is -2.14. The summed E-state index contributed by atoms with van der Waals surface area (Å²) < 4.78 is 13.1. The van der Waals surface area contributed by atoms with E-state index in [1.165, 1.54) is 0 Å². The third-order valence-electron chi connectivity index (χ3n) is 1.65. The normalized spacial score (nSPS) is 10.5. The minimum atomic E-state index is -0.694. The van der Waals surface area contributed by atoms with E-state index in [-0.39, 0.29) is 25.0 Å². The van der Waals surface area contributed by atoms with Gasteiger partial charge in [0.25, 0.3) is 0 Å². The maximum atomic E-state index is 13.1. The highest BCUT2D eigenvalue weighted by atomic mass is 19.1. The van der Waals surface area contributed by atoms with Crippen LogP contribution in [-0.2, 0) is 0 Å². The van der Waals surface area contributed by atoms with E-state index in [1.54, 1.807) is 0 Å². The van der Waals surface area contributed by atoms with E-state index < -0.39 is 11.9 Å². The fraction of sp³-hybridized carbons (Fsp3) is 0.429. The summed E-state index contributed by atoms with van der Waals surface area (Å²) in [6.07, 6.45) is 0.927. The van der Waals surface area contributed by atoms with Crippen molar-refractivity contribution in [2.45, 2.75) is 6.04 Å². The van der Waals surface area contributed by atoms with Gasteiger partial charge in [-0.2, -0.15) is 4.98 Å². The Labute approximate surface area is 85.1 Å². The Morgan fingerprint density at radius 1 is 1.47 bits per heavy atom. The van der Waals surface area contributed by atoms with Gasteiger partial charge in [0.2, 0.25) is 5.95 Å². The Morgan fingerprint density at radius 2 is 2.13 bits per heavy atom. The molecule has 1 heterocycles. The second-order valence-corrected chi connectivity index (χ2v) is 2.74. The Bertz CT molecular complexity index is 320. The van der Waals surface area contributed by atoms with Crippen molar-refractivity contribution in [1.82, 2.24) is 9.97 Å². The maximum absolute atomic E-state index is 13.1. The highest BCUT2D eigenvalue weighted by Crippen LogP contribution is 2.12. The number of nitrogens with two attached hydrogens (primary N) is 1. The third-order valence-corrected chi connectivity index (χ3v) is 1.65. The molecule has 8 heteroatoms. The van der Waals surface area contributed by atoms with Crippen molar-refractivity contribution in [3.05, 3.63) is 12.0 Å². The van der Waals surface area contributed by atoms with Gasteiger partial charge < -0.3 is 15.5 Å². The molecule has 0 aromatic carbocycles. The van der Waals surface area contributed by atoms with Crippen LogP contribution in [0.25, 0.3) is 0 Å². The summed E-state index contributed by atoms with van der Waals surface area (Å²) >= 11 is 0. The van der Waals surface area contributed by atoms with Gasteiger partial charge in [-0.15, -0.1) is 0 Å². The monoisotopic (exact) mass is 217 g/mol. The molecule has 0 aliphatic rings. The summed E-state index contributed by atoms with van der Waals surface area (Å²) in [5.74, 6) is 4.25. The zero-order valence-electron chi connectivity index (χ0n) is 7.81. The van der Waals surface area contributed by atoms with Crippen molar-refractivity contribution < 1.29 is 14.6 Å². The van der Waals surface area contributed by atoms with E-state index in [2.05, 4.69) is 20.7 Å². The Morgan fingerprint density at radius 3 is 2.67 bits per heavy atom. The average molecular weight is 217 g/mol. The maximum Gasteiger partial charge on any atom is 0.239 e. The molecular weight excluding hydrogens is 205 g/mol. The van der Waals surface area contributed by atoms with E-state index in [1.807, 2.05) is 0 Å². The summed E-state index contributed by atoms with van der Waals surface area (Å²) in [7, 11) is 0. The Kier molecular flexibility index (Phi) is 4.16. The number of nitrogens with one attached hydrogen (secondary N) is 2. The molecule has 0 radical (unpaired) electrons. The summed E-state index contributed by atoms with van der Waals surface area (Å²) in [5.41, 5.74) is 2.15. The first kappa shape index (κ1) is 11.6. The first-order chi connectivity index (χ1) is 7.21. The van der Waals surface area contributed by atoms with Gasteiger partial charge in [-0.1, -0.05) is 0 Å². The van der Waals surface area contributed by atoms with E-state index in [0.717, 1.165) is 6.20 Å². The molecule has 15 heavy (non-hydrogen) atoms. The summed E-state index contributed by atoms with van der Waals surface area (Å²) in [5, 5.41) is 20.1. The van der Waals surface area contributed by atoms with Gasteiger partial charge in [0.05, 0.1) is 25.5 Å². The molecule has 0 atom stereocenters. The predicted octanol–water partition coefficient (Wildman–Crippen LogP) is -1.33. The standard InChI is InChI=1S/C7H12FN5O2/c8-5-1-10-7(13-9)12-6(5)11-4(2-14)3-15/h1,4,14-15H,2-3,9H2,(H2,10,11,12,13). The number of hydrazine groups is 1. The van der Waals surface area contributed by atoms with Gasteiger partial charge >= 0.3 is 0 Å². The first-order valence-corrected chi connectivity index (χ1v) is 4.18. The second-order valence-electron chi connectivity index (χ2n) is 2.74. The zero-order chi connectivity index (χ0) is 11.3. The SMILES string of the molecule is NNc1ncc(F)c(NC(CO)CO)n1. The van der Waals surface area contributed by atoms with Crippen LogP contribution in [0.15, 0.2) is 6.20 Å². The molecule has 1 rings (SSSR count). The van der Waals surface area contributed by atoms with Crippen LogP contribution in [0.3, 0.4) is 0 Å². The Hall–Kier alpha value is -1.51. The van der Waals surface area contributed by atoms with Crippen LogP contribution >= 0.6 is 0 Å². The highest BCUT2D eigenvalue weighted by Gasteiger charge is 2.11. The molecule has 1 aromatic rings. The van der Waals surface area contributed by atoms with Gasteiger partial charge in [-0.3, -0.25) is 5.43 Å². The molecule has 0 amide bonds. The number of aromatic nitrogens is 2. The molecule has 0 aliphatic carbocycles. The van der Waals surface area contributed by atoms with Crippen LogP contribution in [0.2, 0.25) is 0 Å². The molecule has 0 bridgehead atoms. The lowest BCUT2D eigenvalue weighted by molar-refractivity contribution is 0.203. The largest absolute Gasteiger partial charge is 0.394 e. The number of nitrogen functional groups attached to an aromatic ring is 1. The lowest BCUT2D eigenvalue weighted by atomic mass is 10.3. The quantitative estimate of drug-likeness (QED) is 0.306. The molecule has 0 aliphatic heterocycles. The zero-order valence-corrected chi connectivity index (χ0v) is 7.81. The molecule has 0 saturated carbocycles. The van der Waals surface area contributed by atoms with Crippen molar-refractivity contribution in [3.63, 3.8) is 0 Å². The summed E-state index contributed by atoms with van der Waals surface area (Å²) in [6, 6.07) is -0.681. The molecule has 6 N–H and O–H groups in total. The summed E-state index contributed by atoms with van der Waals surface area (Å²) in [4.78, 5) is 7.20. The van der Waals surface area contributed by atoms with E-state index in [9.17, 15) is 4.39 Å². The van der Waals surface area contributed by atoms with Crippen LogP contribution in [0.1, 0.15) is 0 Å². The van der Waals surface area contributed by atoms with Crippen molar-refractivity contribution in [3.8, 4) is 0 Å². The van der Waals surface area contributed by atoms with E-state index in [0.29, 0.717) is 0 Å². The van der Waals surface area contributed by atoms with E-state index >= 15 is 0 Å². The van der Waals surface area contributed by atoms with Gasteiger partial charge in [0, 0.05) is 0 Å². The topological polar surface area (TPSA) is 116 Å². The van der Waals surface area contributed by atoms with Gasteiger partial charge in [-0.05, 0) is 0 Å². The van der Waals surface area contributed by atoms with Crippen molar-refractivity contribution >= 4 is 11.8 Å². The Balaban J connectivity index is 2.82. The predicted molar refractivity (Wildman–Crippen MR) is 51.4 cm³/mol. The molecule has 0 spiro atoms. The molecule has 7 nitrogen and oxygen atoms in total. The van der Waals surface area contributed by atoms with Crippen LogP contribution in [0, 0.1) is 5.82 Å². The second kappa shape index (κ2) is 5.39. The minimum absolute atomic E-state index is 0.0357. The van der Waals surface area contributed by atoms with Gasteiger partial charge in [0.15, 0.2) is 11.6 Å². The minimum Gasteiger partial charge on any atom is -0.394 e. The molecule has 0 fully saturated rings. The number of aliphatic hydroxyl groups excluding tert-OH is 2. The number of halogens is 1. The number of anilines is 2. The van der Waals surface area contributed by atoms with E-state index in [4.69, 9.17) is 16.1 Å². The molecular formula is C7H12FN5O2. The van der Waals surface area contributed by atoms with Crippen LogP contribution in [0.5, 0.6) is 0 Å². The number of hydrogen-bond donors (Lipinski definition) is 5. The molecule has 84 valence electrons. The number of rotatable bonds is 5. The fourth-order valence-corrected chi connectivity index (χ4v) is 0.880. The third kappa shape index (κ3) is 2.98. The smallest absolute Gasteiger partial charge is 0.239 e. The highest BCUT2D eigenvalue weighted by molar-refractivity contribution is 5.41. The lowest BCUT2D eigenvalue weighted by Crippen LogP contribution is -2.29. The van der Waals surface area contributed by atoms with Gasteiger partial charge in [0.1, 0.15) is 0 Å². The van der Waals surface area contributed by atoms with Crippen LogP contribution in [-0.4, -0.2) is 39.4 Å². The first-order valence-electron chi connectivity index (χ1n) is 4.18. The van der Waals surface area contributed by atoms with Crippen LogP contribution in [0.4, 0.5) is 16.2 Å². The van der Waals surface area contributed by atoms with Gasteiger partial charge in [-0.25, -0.2) is 15.2 Å². The number of aliphatic hydroxyl groups is 2. The summed E-state index contributed by atoms with van der Waals surface area (Å²) in [6.45, 7) is -0.684. The number of nitrogens with zero attached hydrogens (tertiary/aromatic N) is 2. The number of hydrogen-bond acceptors (Lipinski definition) is 7. The average Bonchev–Trinajstić information content (AvgIpc) is 2.28. The van der Waals surface area contributed by atoms with Crippen molar-refractivity contribution in [2.24, 2.45) is 5.84 Å². The molecule has 0 saturated heterocycles. The molecule has 1 aromatic heterocycles.